The summed E-state index contributed by atoms with van der Waals surface area (Å²) in [5.74, 6) is 6.71. The summed E-state index contributed by atoms with van der Waals surface area (Å²) >= 11 is 1.32. The zero-order chi connectivity index (χ0) is 19.0. The number of hydrogen-bond donors (Lipinski definition) is 2. The zero-order valence-corrected chi connectivity index (χ0v) is 15.1. The molecule has 0 bridgehead atoms. The molecule has 3 N–H and O–H groups in total. The van der Waals surface area contributed by atoms with Gasteiger partial charge in [-0.1, -0.05) is 23.9 Å². The van der Waals surface area contributed by atoms with E-state index in [1.807, 2.05) is 13.0 Å². The second-order valence-corrected chi connectivity index (χ2v) is 7.22. The molecule has 2 aromatic carbocycles. The zero-order valence-electron chi connectivity index (χ0n) is 14.3. The molecule has 2 heterocycles. The number of nitrogens with two attached hydrogens (primary N) is 1. The van der Waals surface area contributed by atoms with Crippen LogP contribution in [0.4, 0.5) is 4.39 Å². The molecule has 1 unspecified atom stereocenters. The number of H-pyrrole nitrogens is 1. The van der Waals surface area contributed by atoms with Crippen LogP contribution in [0.5, 0.6) is 0 Å². The van der Waals surface area contributed by atoms with Crippen LogP contribution in [0.1, 0.15) is 18.0 Å². The van der Waals surface area contributed by atoms with E-state index in [4.69, 9.17) is 5.84 Å². The largest absolute Gasteiger partial charge is 0.335 e. The maximum absolute atomic E-state index is 13.1. The molecule has 4 aromatic rings. The number of nitrogens with zero attached hydrogens (tertiary/aromatic N) is 4. The fourth-order valence-electron chi connectivity index (χ4n) is 2.66. The second kappa shape index (κ2) is 6.84. The molecule has 0 saturated heterocycles. The van der Waals surface area contributed by atoms with Crippen LogP contribution >= 0.6 is 11.8 Å². The Kier molecular flexibility index (Phi) is 4.36. The highest BCUT2D eigenvalue weighted by atomic mass is 32.2. The molecule has 1 atom stereocenters. The molecule has 0 spiro atoms. The summed E-state index contributed by atoms with van der Waals surface area (Å²) < 4.78 is 14.4. The number of nitrogen functional groups attached to an aromatic ring is 1. The van der Waals surface area contributed by atoms with E-state index in [1.54, 1.807) is 30.3 Å². The van der Waals surface area contributed by atoms with Gasteiger partial charge < -0.3 is 10.8 Å². The van der Waals surface area contributed by atoms with Gasteiger partial charge in [0.2, 0.25) is 5.16 Å². The number of rotatable bonds is 4. The van der Waals surface area contributed by atoms with E-state index >= 15 is 0 Å². The average molecular weight is 382 g/mol. The van der Waals surface area contributed by atoms with Crippen molar-refractivity contribution in [3.8, 4) is 11.4 Å². The van der Waals surface area contributed by atoms with Gasteiger partial charge in [0.15, 0.2) is 5.82 Å². The fourth-order valence-corrected chi connectivity index (χ4v) is 3.49. The predicted octanol–water partition coefficient (Wildman–Crippen LogP) is 2.89. The van der Waals surface area contributed by atoms with Crippen molar-refractivity contribution in [1.29, 1.82) is 0 Å². The van der Waals surface area contributed by atoms with Gasteiger partial charge in [-0.3, -0.25) is 4.79 Å². The lowest BCUT2D eigenvalue weighted by atomic mass is 10.2. The molecular weight excluding hydrogens is 367 g/mol. The number of thioether (sulfide) groups is 1. The van der Waals surface area contributed by atoms with E-state index in [9.17, 15) is 9.18 Å². The fraction of sp³-hybridized carbons (Fsp3) is 0.111. The molecule has 7 nitrogen and oxygen atoms in total. The SMILES string of the molecule is CC(Sc1nnc(-c2ccc(F)cc2)n1N)c1nc2ccccc2c(=O)[nH]1. The van der Waals surface area contributed by atoms with Crippen molar-refractivity contribution in [2.75, 3.05) is 5.84 Å². The quantitative estimate of drug-likeness (QED) is 0.416. The Labute approximate surface area is 157 Å². The van der Waals surface area contributed by atoms with Gasteiger partial charge in [0.1, 0.15) is 11.6 Å². The molecule has 0 aliphatic carbocycles. The lowest BCUT2D eigenvalue weighted by Gasteiger charge is -2.10. The maximum Gasteiger partial charge on any atom is 0.258 e. The van der Waals surface area contributed by atoms with Gasteiger partial charge in [0.25, 0.3) is 5.56 Å². The number of nitrogens with one attached hydrogen (secondary N) is 1. The van der Waals surface area contributed by atoms with E-state index in [-0.39, 0.29) is 16.6 Å². The first-order chi connectivity index (χ1) is 13.0. The minimum Gasteiger partial charge on any atom is -0.335 e. The molecule has 136 valence electrons. The molecule has 27 heavy (non-hydrogen) atoms. The predicted molar refractivity (Wildman–Crippen MR) is 102 cm³/mol. The molecule has 0 aliphatic rings. The normalized spacial score (nSPS) is 12.4. The van der Waals surface area contributed by atoms with Gasteiger partial charge in [0.05, 0.1) is 16.2 Å². The number of halogens is 1. The highest BCUT2D eigenvalue weighted by Crippen LogP contribution is 2.32. The van der Waals surface area contributed by atoms with Crippen molar-refractivity contribution in [3.63, 3.8) is 0 Å². The summed E-state index contributed by atoms with van der Waals surface area (Å²) in [6.07, 6.45) is 0. The number of hydrogen-bond acceptors (Lipinski definition) is 6. The van der Waals surface area contributed by atoms with Gasteiger partial charge in [0, 0.05) is 5.56 Å². The van der Waals surface area contributed by atoms with Gasteiger partial charge in [-0.2, -0.15) is 0 Å². The molecule has 2 aromatic heterocycles. The van der Waals surface area contributed by atoms with Crippen molar-refractivity contribution >= 4 is 22.7 Å². The second-order valence-electron chi connectivity index (χ2n) is 5.91. The Balaban J connectivity index is 1.63. The summed E-state index contributed by atoms with van der Waals surface area (Å²) in [4.78, 5) is 19.6. The summed E-state index contributed by atoms with van der Waals surface area (Å²) in [6.45, 7) is 1.89. The van der Waals surface area contributed by atoms with Crippen molar-refractivity contribution in [1.82, 2.24) is 24.8 Å². The Bertz CT molecular complexity index is 1170. The monoisotopic (exact) mass is 382 g/mol. The highest BCUT2D eigenvalue weighted by Gasteiger charge is 2.18. The number of benzene rings is 2. The molecule has 0 radical (unpaired) electrons. The number of aromatic amines is 1. The molecule has 0 fully saturated rings. The van der Waals surface area contributed by atoms with E-state index < -0.39 is 0 Å². The molecule has 9 heteroatoms. The average Bonchev–Trinajstić information content (AvgIpc) is 3.03. The molecule has 0 amide bonds. The summed E-state index contributed by atoms with van der Waals surface area (Å²) in [5, 5.41) is 8.97. The maximum atomic E-state index is 13.1. The lowest BCUT2D eigenvalue weighted by Crippen LogP contribution is -2.14. The first-order valence-electron chi connectivity index (χ1n) is 8.15. The standard InChI is InChI=1S/C18H15FN6OS/c1-10(15-21-14-5-3-2-4-13(14)17(26)22-15)27-18-24-23-16(25(18)20)11-6-8-12(19)9-7-11/h2-10H,20H2,1H3,(H,21,22,26). The molecule has 4 rings (SSSR count). The first-order valence-corrected chi connectivity index (χ1v) is 9.03. The smallest absolute Gasteiger partial charge is 0.258 e. The van der Waals surface area contributed by atoms with Crippen molar-refractivity contribution in [2.24, 2.45) is 0 Å². The van der Waals surface area contributed by atoms with Gasteiger partial charge in [-0.05, 0) is 43.3 Å². The van der Waals surface area contributed by atoms with Gasteiger partial charge in [-0.15, -0.1) is 10.2 Å². The summed E-state index contributed by atoms with van der Waals surface area (Å²) in [6, 6.07) is 13.0. The van der Waals surface area contributed by atoms with E-state index in [0.29, 0.717) is 33.3 Å². The summed E-state index contributed by atoms with van der Waals surface area (Å²) in [5.41, 5.74) is 1.09. The van der Waals surface area contributed by atoms with E-state index in [0.717, 1.165) is 0 Å². The third-order valence-electron chi connectivity index (χ3n) is 4.07. The van der Waals surface area contributed by atoms with Crippen LogP contribution in [-0.2, 0) is 0 Å². The van der Waals surface area contributed by atoms with Crippen LogP contribution in [0.2, 0.25) is 0 Å². The van der Waals surface area contributed by atoms with Crippen molar-refractivity contribution < 1.29 is 4.39 Å². The van der Waals surface area contributed by atoms with E-state index in [1.165, 1.54) is 28.6 Å². The van der Waals surface area contributed by atoms with Crippen LogP contribution in [-0.4, -0.2) is 24.8 Å². The minimum absolute atomic E-state index is 0.190. The van der Waals surface area contributed by atoms with Crippen molar-refractivity contribution in [3.05, 3.63) is 70.5 Å². The third kappa shape index (κ3) is 3.28. The van der Waals surface area contributed by atoms with Gasteiger partial charge in [-0.25, -0.2) is 14.1 Å². The lowest BCUT2D eigenvalue weighted by molar-refractivity contribution is 0.628. The van der Waals surface area contributed by atoms with Crippen LogP contribution < -0.4 is 11.4 Å². The Morgan fingerprint density at radius 1 is 1.15 bits per heavy atom. The molecule has 0 saturated carbocycles. The van der Waals surface area contributed by atoms with E-state index in [2.05, 4.69) is 20.2 Å². The van der Waals surface area contributed by atoms with Gasteiger partial charge >= 0.3 is 0 Å². The summed E-state index contributed by atoms with van der Waals surface area (Å²) in [7, 11) is 0. The van der Waals surface area contributed by atoms with Crippen LogP contribution in [0.3, 0.4) is 0 Å². The number of para-hydroxylation sites is 1. The van der Waals surface area contributed by atoms with Crippen LogP contribution in [0.15, 0.2) is 58.5 Å². The first kappa shape index (κ1) is 17.2. The Morgan fingerprint density at radius 2 is 1.89 bits per heavy atom. The topological polar surface area (TPSA) is 102 Å². The Morgan fingerprint density at radius 3 is 2.67 bits per heavy atom. The van der Waals surface area contributed by atoms with Crippen LogP contribution in [0.25, 0.3) is 22.3 Å². The minimum atomic E-state index is -0.337. The molecule has 0 aliphatic heterocycles. The highest BCUT2D eigenvalue weighted by molar-refractivity contribution is 7.99. The third-order valence-corrected chi connectivity index (χ3v) is 5.13. The molecular formula is C18H15FN6OS. The number of aromatic nitrogens is 5. The number of fused-ring (bicyclic) bond motifs is 1. The van der Waals surface area contributed by atoms with Crippen molar-refractivity contribution in [2.45, 2.75) is 17.3 Å². The van der Waals surface area contributed by atoms with Crippen LogP contribution in [0, 0.1) is 5.82 Å². The Hall–Kier alpha value is -3.20.